The Morgan fingerprint density at radius 2 is 1.62 bits per heavy atom. The molecule has 0 atom stereocenters. The van der Waals surface area contributed by atoms with E-state index in [1.807, 2.05) is 0 Å². The Kier molecular flexibility index (Phi) is 6.93. The van der Waals surface area contributed by atoms with E-state index in [9.17, 15) is 0 Å². The molecule has 0 aliphatic carbocycles. The van der Waals surface area contributed by atoms with Gasteiger partial charge >= 0.3 is 0 Å². The Bertz CT molecular complexity index is 29.4. The Balaban J connectivity index is 2.53. The molecule has 1 heteroatoms. The smallest absolute Gasteiger partial charge is 0.00773 e. The minimum absolute atomic E-state index is 0.824. The molecule has 0 bridgehead atoms. The van der Waals surface area contributed by atoms with Crippen LogP contribution in [0.1, 0.15) is 32.1 Å². The van der Waals surface area contributed by atoms with Crippen molar-refractivity contribution in [2.24, 2.45) is 5.73 Å². The van der Waals surface area contributed by atoms with Crippen LogP contribution in [-0.4, -0.2) is 6.54 Å². The fourth-order valence-electron chi connectivity index (χ4n) is 0.642. The highest BCUT2D eigenvalue weighted by molar-refractivity contribution is 4.44. The zero-order valence-electron chi connectivity index (χ0n) is 5.40. The molecule has 0 aliphatic rings. The van der Waals surface area contributed by atoms with Crippen molar-refractivity contribution in [1.82, 2.24) is 0 Å². The van der Waals surface area contributed by atoms with Gasteiger partial charge in [-0.1, -0.05) is 19.3 Å². The third-order valence-corrected chi connectivity index (χ3v) is 1.16. The molecule has 48 valence electrons. The molecule has 0 aromatic rings. The molecular formula is C7H15N. The van der Waals surface area contributed by atoms with E-state index < -0.39 is 0 Å². The minimum atomic E-state index is 0.824. The molecule has 8 heavy (non-hydrogen) atoms. The van der Waals surface area contributed by atoms with E-state index in [0.717, 1.165) is 25.8 Å². The van der Waals surface area contributed by atoms with Gasteiger partial charge in [0.2, 0.25) is 0 Å². The van der Waals surface area contributed by atoms with Crippen LogP contribution in [0.4, 0.5) is 0 Å². The van der Waals surface area contributed by atoms with Gasteiger partial charge in [0.1, 0.15) is 0 Å². The summed E-state index contributed by atoms with van der Waals surface area (Å²) in [5, 5.41) is 0. The summed E-state index contributed by atoms with van der Waals surface area (Å²) < 4.78 is 0. The first-order chi connectivity index (χ1) is 3.91. The van der Waals surface area contributed by atoms with Crippen molar-refractivity contribution in [3.63, 3.8) is 0 Å². The molecule has 0 fully saturated rings. The number of rotatable bonds is 5. The van der Waals surface area contributed by atoms with Gasteiger partial charge in [-0.25, -0.2) is 0 Å². The fraction of sp³-hybridized carbons (Fsp3) is 0.857. The minimum Gasteiger partial charge on any atom is -0.330 e. The third kappa shape index (κ3) is 5.96. The van der Waals surface area contributed by atoms with Gasteiger partial charge in [-0.3, -0.25) is 0 Å². The highest BCUT2D eigenvalue weighted by Gasteiger charge is 1.83. The summed E-state index contributed by atoms with van der Waals surface area (Å²) in [6, 6.07) is 0. The summed E-state index contributed by atoms with van der Waals surface area (Å²) in [5.74, 6) is 0. The third-order valence-electron chi connectivity index (χ3n) is 1.16. The number of hydrogen-bond acceptors (Lipinski definition) is 1. The highest BCUT2D eigenvalue weighted by atomic mass is 14.5. The summed E-state index contributed by atoms with van der Waals surface area (Å²) in [5.41, 5.74) is 5.28. The van der Waals surface area contributed by atoms with Crippen LogP contribution in [0, 0.1) is 6.92 Å². The molecule has 0 saturated carbocycles. The molecule has 2 N–H and O–H groups in total. The Labute approximate surface area is 52.3 Å². The summed E-state index contributed by atoms with van der Waals surface area (Å²) in [7, 11) is 0. The van der Waals surface area contributed by atoms with Crippen molar-refractivity contribution in [3.05, 3.63) is 6.92 Å². The van der Waals surface area contributed by atoms with Crippen molar-refractivity contribution in [2.45, 2.75) is 32.1 Å². The lowest BCUT2D eigenvalue weighted by molar-refractivity contribution is 0.652. The molecule has 1 nitrogen and oxygen atoms in total. The predicted molar refractivity (Wildman–Crippen MR) is 36.4 cm³/mol. The summed E-state index contributed by atoms with van der Waals surface area (Å²) in [6.45, 7) is 6.10. The average molecular weight is 113 g/mol. The van der Waals surface area contributed by atoms with Crippen molar-refractivity contribution < 1.29 is 0 Å². The first-order valence-corrected chi connectivity index (χ1v) is 3.32. The monoisotopic (exact) mass is 113 g/mol. The fourth-order valence-corrected chi connectivity index (χ4v) is 0.642. The van der Waals surface area contributed by atoms with E-state index in [1.165, 1.54) is 12.8 Å². The topological polar surface area (TPSA) is 26.0 Å². The maximum absolute atomic E-state index is 5.28. The van der Waals surface area contributed by atoms with Crippen LogP contribution in [0.15, 0.2) is 0 Å². The summed E-state index contributed by atoms with van der Waals surface area (Å²) >= 11 is 0. The van der Waals surface area contributed by atoms with Gasteiger partial charge in [0, 0.05) is 0 Å². The van der Waals surface area contributed by atoms with Gasteiger partial charge in [0.25, 0.3) is 0 Å². The largest absolute Gasteiger partial charge is 0.330 e. The second kappa shape index (κ2) is 6.96. The second-order valence-corrected chi connectivity index (χ2v) is 1.99. The average Bonchev–Trinajstić information content (AvgIpc) is 1.81. The lowest BCUT2D eigenvalue weighted by Gasteiger charge is -1.93. The molecule has 0 spiro atoms. The van der Waals surface area contributed by atoms with Crippen LogP contribution >= 0.6 is 0 Å². The zero-order chi connectivity index (χ0) is 6.24. The standard InChI is InChI=1S/C7H15N/c1-2-3-4-5-6-7-8/h1H,2-8H2. The Hall–Kier alpha value is -0.0400. The normalized spacial score (nSPS) is 9.75. The first-order valence-electron chi connectivity index (χ1n) is 3.32. The Morgan fingerprint density at radius 1 is 1.00 bits per heavy atom. The number of nitrogens with two attached hydrogens (primary N) is 1. The molecule has 0 aromatic heterocycles. The van der Waals surface area contributed by atoms with Crippen molar-refractivity contribution in [3.8, 4) is 0 Å². The van der Waals surface area contributed by atoms with Crippen LogP contribution in [0.25, 0.3) is 0 Å². The van der Waals surface area contributed by atoms with Gasteiger partial charge in [0.15, 0.2) is 0 Å². The second-order valence-electron chi connectivity index (χ2n) is 1.99. The van der Waals surface area contributed by atoms with Gasteiger partial charge in [-0.2, -0.15) is 0 Å². The van der Waals surface area contributed by atoms with Crippen molar-refractivity contribution >= 4 is 0 Å². The van der Waals surface area contributed by atoms with Crippen molar-refractivity contribution in [2.75, 3.05) is 6.54 Å². The molecule has 0 aromatic carbocycles. The number of hydrogen-bond donors (Lipinski definition) is 1. The number of unbranched alkanes of at least 4 members (excludes halogenated alkanes) is 4. The molecule has 0 rings (SSSR count). The van der Waals surface area contributed by atoms with Gasteiger partial charge in [0.05, 0.1) is 0 Å². The molecule has 0 amide bonds. The maximum atomic E-state index is 5.28. The molecule has 0 unspecified atom stereocenters. The predicted octanol–water partition coefficient (Wildman–Crippen LogP) is 1.61. The van der Waals surface area contributed by atoms with E-state index in [1.54, 1.807) is 0 Å². The first kappa shape index (κ1) is 7.96. The van der Waals surface area contributed by atoms with E-state index in [0.29, 0.717) is 0 Å². The molecular weight excluding hydrogens is 98.1 g/mol. The van der Waals surface area contributed by atoms with E-state index >= 15 is 0 Å². The maximum Gasteiger partial charge on any atom is -0.00773 e. The lowest BCUT2D eigenvalue weighted by Crippen LogP contribution is -1.97. The van der Waals surface area contributed by atoms with E-state index in [2.05, 4.69) is 0 Å². The van der Waals surface area contributed by atoms with Gasteiger partial charge in [-0.15, -0.1) is 0 Å². The van der Waals surface area contributed by atoms with E-state index in [4.69, 9.17) is 12.7 Å². The van der Waals surface area contributed by atoms with Gasteiger partial charge < -0.3 is 5.73 Å². The summed E-state index contributed by atoms with van der Waals surface area (Å²) in [6.07, 6.45) is 5.62. The Morgan fingerprint density at radius 3 is 2.12 bits per heavy atom. The van der Waals surface area contributed by atoms with Crippen LogP contribution in [-0.2, 0) is 0 Å². The molecule has 0 saturated heterocycles. The lowest BCUT2D eigenvalue weighted by atomic mass is 10.2. The molecule has 0 heterocycles. The molecule has 2 radical (unpaired) electrons. The van der Waals surface area contributed by atoms with Crippen LogP contribution in [0.5, 0.6) is 0 Å². The zero-order valence-corrected chi connectivity index (χ0v) is 5.40. The van der Waals surface area contributed by atoms with Crippen LogP contribution in [0.3, 0.4) is 0 Å². The van der Waals surface area contributed by atoms with Crippen molar-refractivity contribution in [1.29, 1.82) is 0 Å². The van der Waals surface area contributed by atoms with Crippen LogP contribution < -0.4 is 5.73 Å². The molecule has 0 aliphatic heterocycles. The SMILES string of the molecule is [CH]CCCCCCN. The highest BCUT2D eigenvalue weighted by Crippen LogP contribution is 1.99. The van der Waals surface area contributed by atoms with E-state index in [-0.39, 0.29) is 0 Å². The van der Waals surface area contributed by atoms with Gasteiger partial charge in [-0.05, 0) is 26.3 Å². The quantitative estimate of drug-likeness (QED) is 0.538. The van der Waals surface area contributed by atoms with Crippen LogP contribution in [0.2, 0.25) is 0 Å². The summed E-state index contributed by atoms with van der Waals surface area (Å²) in [4.78, 5) is 0.